The van der Waals surface area contributed by atoms with Gasteiger partial charge < -0.3 is 0 Å². The Morgan fingerprint density at radius 2 is 0.812 bits per heavy atom. The predicted octanol–water partition coefficient (Wildman–Crippen LogP) is 18.9. The smallest absolute Gasteiger partial charge is 0.0619 e. The summed E-state index contributed by atoms with van der Waals surface area (Å²) < 4.78 is 0. The van der Waals surface area contributed by atoms with Crippen LogP contribution < -0.4 is 0 Å². The highest BCUT2D eigenvalue weighted by atomic mass is 14.5. The van der Waals surface area contributed by atoms with E-state index in [4.69, 9.17) is 0 Å². The Bertz CT molecular complexity index is 4260. The summed E-state index contributed by atoms with van der Waals surface area (Å²) in [6.45, 7) is 13.9. The van der Waals surface area contributed by atoms with E-state index >= 15 is 0 Å². The van der Waals surface area contributed by atoms with Crippen molar-refractivity contribution in [2.45, 2.75) is 57.8 Å². The van der Waals surface area contributed by atoms with Crippen molar-refractivity contribution in [1.82, 2.24) is 0 Å². The van der Waals surface area contributed by atoms with E-state index in [1.54, 1.807) is 0 Å². The Morgan fingerprint density at radius 1 is 0.290 bits per heavy atom. The molecule has 0 fully saturated rings. The van der Waals surface area contributed by atoms with E-state index in [-0.39, 0.29) is 10.8 Å². The van der Waals surface area contributed by atoms with E-state index in [2.05, 4.69) is 236 Å². The minimum atomic E-state index is -0.475. The molecule has 0 N–H and O–H groups in total. The summed E-state index contributed by atoms with van der Waals surface area (Å²) in [7, 11) is 0. The third-order valence-corrected chi connectivity index (χ3v) is 16.6. The lowest BCUT2D eigenvalue weighted by molar-refractivity contribution is 0.591. The average Bonchev–Trinajstić information content (AvgIpc) is 3.83. The SMILES string of the molecule is CC(C)(C)c1cc2ccc3cc(-c4ccc5c(c4)C4(c6ccccc6-c6ccccc64)c4ccc6c(-c7ccc8ccc9c(C(C)(C)C)ccc%10ccc7c8c%109)cccc6c4-5)cc4ccc(c1)c2c34. The topological polar surface area (TPSA) is 0 Å². The Hall–Kier alpha value is -7.80. The summed E-state index contributed by atoms with van der Waals surface area (Å²) in [4.78, 5) is 0. The predicted molar refractivity (Wildman–Crippen MR) is 296 cm³/mol. The molecule has 1 spiro atoms. The zero-order valence-corrected chi connectivity index (χ0v) is 40.0. The summed E-state index contributed by atoms with van der Waals surface area (Å²) in [5, 5.41) is 18.6. The molecule has 13 aromatic rings. The van der Waals surface area contributed by atoms with E-state index < -0.39 is 5.41 Å². The van der Waals surface area contributed by atoms with Gasteiger partial charge in [0.2, 0.25) is 0 Å². The van der Waals surface area contributed by atoms with Gasteiger partial charge in [0.25, 0.3) is 0 Å². The van der Waals surface area contributed by atoms with Crippen molar-refractivity contribution in [3.8, 4) is 44.5 Å². The van der Waals surface area contributed by atoms with E-state index in [1.165, 1.54) is 153 Å². The molecule has 2 aliphatic carbocycles. The first kappa shape index (κ1) is 39.2. The van der Waals surface area contributed by atoms with Crippen molar-refractivity contribution in [3.63, 3.8) is 0 Å². The summed E-state index contributed by atoms with van der Waals surface area (Å²) in [6.07, 6.45) is 0. The summed E-state index contributed by atoms with van der Waals surface area (Å²) in [5.41, 5.74) is 18.3. The van der Waals surface area contributed by atoms with Gasteiger partial charge in [0.1, 0.15) is 0 Å². The van der Waals surface area contributed by atoms with Crippen LogP contribution in [0, 0.1) is 0 Å². The zero-order chi connectivity index (χ0) is 46.3. The summed E-state index contributed by atoms with van der Waals surface area (Å²) >= 11 is 0. The Balaban J connectivity index is 0.975. The number of rotatable bonds is 2. The van der Waals surface area contributed by atoms with Crippen molar-refractivity contribution in [2.24, 2.45) is 0 Å². The third-order valence-electron chi connectivity index (χ3n) is 16.6. The summed E-state index contributed by atoms with van der Waals surface area (Å²) in [6, 6.07) is 75.7. The Labute approximate surface area is 403 Å². The highest BCUT2D eigenvalue weighted by Crippen LogP contribution is 2.64. The van der Waals surface area contributed by atoms with E-state index in [0.29, 0.717) is 0 Å². The molecule has 0 saturated carbocycles. The van der Waals surface area contributed by atoms with Gasteiger partial charge in [-0.25, -0.2) is 0 Å². The molecule has 0 amide bonds. The Morgan fingerprint density at radius 3 is 1.46 bits per heavy atom. The maximum absolute atomic E-state index is 2.55. The van der Waals surface area contributed by atoms with Gasteiger partial charge in [0.15, 0.2) is 0 Å². The fourth-order valence-corrected chi connectivity index (χ4v) is 13.5. The van der Waals surface area contributed by atoms with Crippen molar-refractivity contribution in [2.75, 3.05) is 0 Å². The van der Waals surface area contributed by atoms with Crippen LogP contribution in [0.25, 0.3) is 120 Å². The van der Waals surface area contributed by atoms with E-state index in [0.717, 1.165) is 0 Å². The lowest BCUT2D eigenvalue weighted by atomic mass is 9.70. The monoisotopic (exact) mass is 878 g/mol. The molecule has 0 unspecified atom stereocenters. The second-order valence-corrected chi connectivity index (χ2v) is 22.4. The lowest BCUT2D eigenvalue weighted by Crippen LogP contribution is -2.25. The molecule has 0 radical (unpaired) electrons. The van der Waals surface area contributed by atoms with Crippen LogP contribution in [-0.4, -0.2) is 0 Å². The fraction of sp³-hybridized carbons (Fsp3) is 0.130. The second-order valence-electron chi connectivity index (χ2n) is 22.4. The first-order valence-corrected chi connectivity index (χ1v) is 24.8. The van der Waals surface area contributed by atoms with Crippen LogP contribution in [0.5, 0.6) is 0 Å². The van der Waals surface area contributed by atoms with Gasteiger partial charge in [-0.1, -0.05) is 217 Å². The van der Waals surface area contributed by atoms with Gasteiger partial charge in [0.05, 0.1) is 5.41 Å². The standard InChI is InChI=1S/C69H50/c1-67(2,3)47-36-44-20-18-42-34-46(35-43-19-21-45(37-47)63(44)62(42)43)41-25-30-56-61(38-41)69(58-16-9-7-12-51(58)52-13-8-10-17-59(52)69)60-33-31-50-48(14-11-15-53(50)66(56)60)49-27-22-39-24-29-55-57(68(4,5)6)32-26-40-23-28-54(49)64(39)65(40)55/h7-38H,1-6H3. The Kier molecular flexibility index (Phi) is 7.53. The molecule has 0 atom stereocenters. The van der Waals surface area contributed by atoms with Crippen LogP contribution in [0.1, 0.15) is 74.9 Å². The van der Waals surface area contributed by atoms with Gasteiger partial charge >= 0.3 is 0 Å². The number of hydrogen-bond acceptors (Lipinski definition) is 0. The van der Waals surface area contributed by atoms with Crippen LogP contribution in [0.4, 0.5) is 0 Å². The molecule has 0 nitrogen and oxygen atoms in total. The molecule has 0 saturated heterocycles. The van der Waals surface area contributed by atoms with Gasteiger partial charge in [-0.05, 0) is 182 Å². The molecule has 15 rings (SSSR count). The molecule has 0 heteroatoms. The molecular weight excluding hydrogens is 829 g/mol. The third kappa shape index (κ3) is 5.09. The maximum Gasteiger partial charge on any atom is 0.0725 e. The van der Waals surface area contributed by atoms with Crippen LogP contribution in [-0.2, 0) is 16.2 Å². The zero-order valence-electron chi connectivity index (χ0n) is 40.0. The molecule has 0 bridgehead atoms. The maximum atomic E-state index is 2.55. The molecule has 13 aromatic carbocycles. The minimum absolute atomic E-state index is 0.0372. The number of fused-ring (bicyclic) bond motifs is 12. The van der Waals surface area contributed by atoms with Crippen molar-refractivity contribution >= 4 is 75.4 Å². The van der Waals surface area contributed by atoms with E-state index in [1.807, 2.05) is 0 Å². The van der Waals surface area contributed by atoms with Crippen LogP contribution >= 0.6 is 0 Å². The number of benzene rings is 13. The molecule has 2 aliphatic rings. The lowest BCUT2D eigenvalue weighted by Gasteiger charge is -2.31. The van der Waals surface area contributed by atoms with Gasteiger partial charge in [-0.3, -0.25) is 0 Å². The first-order chi connectivity index (χ1) is 33.5. The van der Waals surface area contributed by atoms with Crippen molar-refractivity contribution in [3.05, 3.63) is 228 Å². The van der Waals surface area contributed by atoms with Gasteiger partial charge in [-0.15, -0.1) is 0 Å². The quantitative estimate of drug-likeness (QED) is 0.152. The van der Waals surface area contributed by atoms with Crippen molar-refractivity contribution < 1.29 is 0 Å². The van der Waals surface area contributed by atoms with Crippen molar-refractivity contribution in [1.29, 1.82) is 0 Å². The molecule has 0 aromatic heterocycles. The largest absolute Gasteiger partial charge is 0.0725 e. The first-order valence-electron chi connectivity index (χ1n) is 24.8. The minimum Gasteiger partial charge on any atom is -0.0619 e. The molecule has 0 aliphatic heterocycles. The van der Waals surface area contributed by atoms with Gasteiger partial charge in [0, 0.05) is 0 Å². The highest BCUT2D eigenvalue weighted by molar-refractivity contribution is 6.27. The molecule has 0 heterocycles. The van der Waals surface area contributed by atoms with Gasteiger partial charge in [-0.2, -0.15) is 0 Å². The van der Waals surface area contributed by atoms with Crippen LogP contribution in [0.2, 0.25) is 0 Å². The van der Waals surface area contributed by atoms with E-state index in [9.17, 15) is 0 Å². The average molecular weight is 879 g/mol. The molecular formula is C69H50. The van der Waals surface area contributed by atoms with Crippen LogP contribution in [0.3, 0.4) is 0 Å². The fourth-order valence-electron chi connectivity index (χ4n) is 13.5. The normalized spacial score (nSPS) is 14.1. The van der Waals surface area contributed by atoms with Crippen LogP contribution in [0.15, 0.2) is 194 Å². The highest BCUT2D eigenvalue weighted by Gasteiger charge is 2.52. The summed E-state index contributed by atoms with van der Waals surface area (Å²) in [5.74, 6) is 0. The molecule has 69 heavy (non-hydrogen) atoms. The molecule has 326 valence electrons. The number of hydrogen-bond donors (Lipinski definition) is 0. The second kappa shape index (κ2) is 13.2.